The summed E-state index contributed by atoms with van der Waals surface area (Å²) in [6.45, 7) is 1.74. The molecule has 1 saturated heterocycles. The topological polar surface area (TPSA) is 21.3 Å². The molecule has 1 heterocycles. The molecule has 1 aliphatic rings. The average molecular weight is 265 g/mol. The fraction of sp³-hybridized carbons (Fsp3) is 0.625. The molecule has 2 unspecified atom stereocenters. The van der Waals surface area contributed by atoms with Gasteiger partial charge in [-0.3, -0.25) is 0 Å². The van der Waals surface area contributed by atoms with Crippen molar-refractivity contribution >= 4 is 0 Å². The fourth-order valence-corrected chi connectivity index (χ4v) is 2.88. The van der Waals surface area contributed by atoms with Gasteiger partial charge in [-0.05, 0) is 50.3 Å². The molecular formula is C16H24FNO. The molecule has 2 nitrogen and oxygen atoms in total. The average Bonchev–Trinajstić information content (AvgIpc) is 2.92. The van der Waals surface area contributed by atoms with Crippen LogP contribution in [0.2, 0.25) is 0 Å². The third-order valence-corrected chi connectivity index (χ3v) is 3.90. The molecule has 1 aromatic carbocycles. The molecule has 0 radical (unpaired) electrons. The Hall–Kier alpha value is -0.930. The van der Waals surface area contributed by atoms with Gasteiger partial charge in [-0.1, -0.05) is 24.6 Å². The van der Waals surface area contributed by atoms with Crippen LogP contribution in [-0.4, -0.2) is 26.3 Å². The molecule has 2 atom stereocenters. The molecule has 19 heavy (non-hydrogen) atoms. The van der Waals surface area contributed by atoms with Crippen LogP contribution in [-0.2, 0) is 4.74 Å². The van der Waals surface area contributed by atoms with E-state index >= 15 is 0 Å². The number of rotatable bonds is 7. The highest BCUT2D eigenvalue weighted by Crippen LogP contribution is 2.26. The summed E-state index contributed by atoms with van der Waals surface area (Å²) in [7, 11) is 1.92. The summed E-state index contributed by atoms with van der Waals surface area (Å²) in [6.07, 6.45) is 6.05. The standard InChI is InChI=1S/C16H24FNO/c1-18-12-13(15-9-2-3-10-16(15)17)6-4-7-14-8-5-11-19-14/h2-3,9-10,13-14,18H,4-8,11-12H2,1H3. The maximum absolute atomic E-state index is 13.8. The fourth-order valence-electron chi connectivity index (χ4n) is 2.88. The number of likely N-dealkylation sites (N-methyl/N-ethyl adjacent to an activating group) is 1. The first-order chi connectivity index (χ1) is 9.31. The largest absolute Gasteiger partial charge is 0.378 e. The van der Waals surface area contributed by atoms with Crippen LogP contribution >= 0.6 is 0 Å². The second kappa shape index (κ2) is 7.61. The minimum atomic E-state index is -0.0835. The molecule has 1 aliphatic heterocycles. The molecule has 0 amide bonds. The lowest BCUT2D eigenvalue weighted by atomic mass is 9.92. The Morgan fingerprint density at radius 1 is 1.42 bits per heavy atom. The van der Waals surface area contributed by atoms with Crippen LogP contribution in [0.3, 0.4) is 0 Å². The third kappa shape index (κ3) is 4.29. The lowest BCUT2D eigenvalue weighted by molar-refractivity contribution is 0.101. The van der Waals surface area contributed by atoms with Crippen molar-refractivity contribution in [1.29, 1.82) is 0 Å². The first-order valence-corrected chi connectivity index (χ1v) is 7.32. The van der Waals surface area contributed by atoms with E-state index in [1.807, 2.05) is 19.2 Å². The summed E-state index contributed by atoms with van der Waals surface area (Å²) < 4.78 is 19.5. The second-order valence-electron chi connectivity index (χ2n) is 5.34. The van der Waals surface area contributed by atoms with Crippen molar-refractivity contribution in [2.45, 2.75) is 44.1 Å². The summed E-state index contributed by atoms with van der Waals surface area (Å²) in [5.41, 5.74) is 0.837. The SMILES string of the molecule is CNCC(CCCC1CCCO1)c1ccccc1F. The van der Waals surface area contributed by atoms with Crippen LogP contribution < -0.4 is 5.32 Å². The van der Waals surface area contributed by atoms with Gasteiger partial charge < -0.3 is 10.1 Å². The van der Waals surface area contributed by atoms with Gasteiger partial charge in [0.1, 0.15) is 5.82 Å². The normalized spacial score (nSPS) is 20.6. The Balaban J connectivity index is 1.87. The number of benzene rings is 1. The summed E-state index contributed by atoms with van der Waals surface area (Å²) in [6, 6.07) is 7.13. The molecule has 1 aromatic rings. The lowest BCUT2D eigenvalue weighted by Gasteiger charge is -2.18. The molecule has 0 aliphatic carbocycles. The monoisotopic (exact) mass is 265 g/mol. The Morgan fingerprint density at radius 3 is 2.95 bits per heavy atom. The van der Waals surface area contributed by atoms with E-state index in [9.17, 15) is 4.39 Å². The van der Waals surface area contributed by atoms with Gasteiger partial charge in [0, 0.05) is 13.2 Å². The van der Waals surface area contributed by atoms with Crippen LogP contribution in [0.15, 0.2) is 24.3 Å². The number of hydrogen-bond donors (Lipinski definition) is 1. The van der Waals surface area contributed by atoms with Crippen molar-refractivity contribution in [1.82, 2.24) is 5.32 Å². The van der Waals surface area contributed by atoms with Gasteiger partial charge in [-0.15, -0.1) is 0 Å². The molecule has 0 aromatic heterocycles. The minimum Gasteiger partial charge on any atom is -0.378 e. The van der Waals surface area contributed by atoms with Gasteiger partial charge in [0.15, 0.2) is 0 Å². The van der Waals surface area contributed by atoms with Gasteiger partial charge in [0.25, 0.3) is 0 Å². The van der Waals surface area contributed by atoms with E-state index in [-0.39, 0.29) is 11.7 Å². The molecular weight excluding hydrogens is 241 g/mol. The molecule has 0 bridgehead atoms. The number of ether oxygens (including phenoxy) is 1. The second-order valence-corrected chi connectivity index (χ2v) is 5.34. The predicted molar refractivity (Wildman–Crippen MR) is 75.9 cm³/mol. The molecule has 1 N–H and O–H groups in total. The van der Waals surface area contributed by atoms with Crippen LogP contribution in [0.4, 0.5) is 4.39 Å². The van der Waals surface area contributed by atoms with Crippen LogP contribution in [0.1, 0.15) is 43.6 Å². The van der Waals surface area contributed by atoms with E-state index in [0.29, 0.717) is 6.10 Å². The highest BCUT2D eigenvalue weighted by molar-refractivity contribution is 5.22. The zero-order valence-corrected chi connectivity index (χ0v) is 11.7. The maximum Gasteiger partial charge on any atom is 0.126 e. The molecule has 3 heteroatoms. The van der Waals surface area contributed by atoms with Crippen molar-refractivity contribution < 1.29 is 9.13 Å². The molecule has 2 rings (SSSR count). The van der Waals surface area contributed by atoms with Gasteiger partial charge in [-0.25, -0.2) is 4.39 Å². The van der Waals surface area contributed by atoms with Crippen molar-refractivity contribution in [2.24, 2.45) is 0 Å². The third-order valence-electron chi connectivity index (χ3n) is 3.90. The number of hydrogen-bond acceptors (Lipinski definition) is 2. The van der Waals surface area contributed by atoms with E-state index in [1.54, 1.807) is 12.1 Å². The van der Waals surface area contributed by atoms with Gasteiger partial charge in [0.2, 0.25) is 0 Å². The molecule has 106 valence electrons. The van der Waals surface area contributed by atoms with Gasteiger partial charge >= 0.3 is 0 Å². The minimum absolute atomic E-state index is 0.0835. The van der Waals surface area contributed by atoms with Crippen LogP contribution in [0.25, 0.3) is 0 Å². The number of nitrogens with one attached hydrogen (secondary N) is 1. The Kier molecular flexibility index (Phi) is 5.80. The van der Waals surface area contributed by atoms with Crippen molar-refractivity contribution in [3.63, 3.8) is 0 Å². The van der Waals surface area contributed by atoms with Gasteiger partial charge in [-0.2, -0.15) is 0 Å². The maximum atomic E-state index is 13.8. The lowest BCUT2D eigenvalue weighted by Crippen LogP contribution is -2.18. The van der Waals surface area contributed by atoms with Crippen molar-refractivity contribution in [3.05, 3.63) is 35.6 Å². The van der Waals surface area contributed by atoms with E-state index in [2.05, 4.69) is 5.32 Å². The zero-order chi connectivity index (χ0) is 13.5. The summed E-state index contributed by atoms with van der Waals surface area (Å²) in [4.78, 5) is 0. The smallest absolute Gasteiger partial charge is 0.126 e. The van der Waals surface area contributed by atoms with E-state index in [4.69, 9.17) is 4.74 Å². The van der Waals surface area contributed by atoms with E-state index < -0.39 is 0 Å². The summed E-state index contributed by atoms with van der Waals surface area (Å²) in [5, 5.41) is 3.17. The molecule has 1 fully saturated rings. The van der Waals surface area contributed by atoms with E-state index in [1.165, 1.54) is 12.8 Å². The Bertz CT molecular complexity index is 377. The summed E-state index contributed by atoms with van der Waals surface area (Å²) >= 11 is 0. The van der Waals surface area contributed by atoms with Crippen molar-refractivity contribution in [3.8, 4) is 0 Å². The quantitative estimate of drug-likeness (QED) is 0.815. The Labute approximate surface area is 115 Å². The van der Waals surface area contributed by atoms with E-state index in [0.717, 1.165) is 38.0 Å². The zero-order valence-electron chi connectivity index (χ0n) is 11.7. The van der Waals surface area contributed by atoms with Gasteiger partial charge in [0.05, 0.1) is 6.10 Å². The molecule has 0 spiro atoms. The summed E-state index contributed by atoms with van der Waals surface area (Å²) in [5.74, 6) is 0.174. The first kappa shape index (κ1) is 14.5. The predicted octanol–water partition coefficient (Wildman–Crippen LogP) is 3.48. The Morgan fingerprint density at radius 2 is 2.26 bits per heavy atom. The highest BCUT2D eigenvalue weighted by Gasteiger charge is 2.18. The van der Waals surface area contributed by atoms with Crippen LogP contribution in [0.5, 0.6) is 0 Å². The first-order valence-electron chi connectivity index (χ1n) is 7.32. The van der Waals surface area contributed by atoms with Crippen molar-refractivity contribution in [2.75, 3.05) is 20.2 Å². The highest BCUT2D eigenvalue weighted by atomic mass is 19.1. The van der Waals surface area contributed by atoms with Crippen LogP contribution in [0, 0.1) is 5.82 Å². The number of halogens is 1. The molecule has 0 saturated carbocycles.